The van der Waals surface area contributed by atoms with Crippen molar-refractivity contribution in [2.24, 2.45) is 0 Å². The number of amides is 1. The Labute approximate surface area is 117 Å². The first-order valence-corrected chi connectivity index (χ1v) is 6.45. The van der Waals surface area contributed by atoms with Gasteiger partial charge in [-0.1, -0.05) is 24.3 Å². The van der Waals surface area contributed by atoms with Gasteiger partial charge in [0.25, 0.3) is 0 Å². The summed E-state index contributed by atoms with van der Waals surface area (Å²) < 4.78 is 12.8. The molecule has 1 amide bonds. The molecular formula is C16H17FN2O. The monoisotopic (exact) mass is 272 g/mol. The van der Waals surface area contributed by atoms with Crippen LogP contribution in [0.5, 0.6) is 0 Å². The number of hydrogen-bond acceptors (Lipinski definition) is 2. The predicted molar refractivity (Wildman–Crippen MR) is 77.9 cm³/mol. The van der Waals surface area contributed by atoms with Crippen LogP contribution in [0.25, 0.3) is 0 Å². The van der Waals surface area contributed by atoms with Crippen molar-refractivity contribution >= 4 is 11.6 Å². The van der Waals surface area contributed by atoms with E-state index in [1.54, 1.807) is 19.2 Å². The van der Waals surface area contributed by atoms with Crippen LogP contribution in [0.2, 0.25) is 0 Å². The van der Waals surface area contributed by atoms with Crippen LogP contribution < -0.4 is 10.6 Å². The maximum absolute atomic E-state index is 12.8. The van der Waals surface area contributed by atoms with Crippen molar-refractivity contribution in [1.82, 2.24) is 5.32 Å². The molecular weight excluding hydrogens is 255 g/mol. The molecule has 3 nitrogen and oxygen atoms in total. The van der Waals surface area contributed by atoms with Crippen molar-refractivity contribution in [2.45, 2.75) is 13.0 Å². The van der Waals surface area contributed by atoms with Crippen LogP contribution >= 0.6 is 0 Å². The summed E-state index contributed by atoms with van der Waals surface area (Å²) in [5.74, 6) is -0.232. The van der Waals surface area contributed by atoms with Crippen LogP contribution in [0.1, 0.15) is 11.1 Å². The first-order valence-electron chi connectivity index (χ1n) is 6.45. The van der Waals surface area contributed by atoms with Gasteiger partial charge in [-0.25, -0.2) is 4.39 Å². The molecule has 0 radical (unpaired) electrons. The SMILES string of the molecule is CNC(=O)Cc1ccc(NCc2ccc(F)cc2)cc1. The smallest absolute Gasteiger partial charge is 0.224 e. The maximum atomic E-state index is 12.8. The number of benzene rings is 2. The third-order valence-corrected chi connectivity index (χ3v) is 3.01. The number of carbonyl (C=O) groups excluding carboxylic acids is 1. The van der Waals surface area contributed by atoms with E-state index < -0.39 is 0 Å². The second kappa shape index (κ2) is 6.70. The van der Waals surface area contributed by atoms with Gasteiger partial charge in [0, 0.05) is 19.3 Å². The fourth-order valence-electron chi connectivity index (χ4n) is 1.82. The van der Waals surface area contributed by atoms with Crippen LogP contribution in [-0.4, -0.2) is 13.0 Å². The number of hydrogen-bond donors (Lipinski definition) is 2. The Bertz CT molecular complexity index is 564. The number of carbonyl (C=O) groups is 1. The zero-order chi connectivity index (χ0) is 14.4. The number of nitrogens with one attached hydrogen (secondary N) is 2. The summed E-state index contributed by atoms with van der Waals surface area (Å²) in [7, 11) is 1.63. The predicted octanol–water partition coefficient (Wildman–Crippen LogP) is 2.73. The van der Waals surface area contributed by atoms with Crippen molar-refractivity contribution in [3.8, 4) is 0 Å². The van der Waals surface area contributed by atoms with Gasteiger partial charge >= 0.3 is 0 Å². The molecule has 0 aliphatic carbocycles. The second-order valence-electron chi connectivity index (χ2n) is 4.53. The fourth-order valence-corrected chi connectivity index (χ4v) is 1.82. The Morgan fingerprint density at radius 3 is 2.20 bits per heavy atom. The Hall–Kier alpha value is -2.36. The molecule has 0 bridgehead atoms. The molecule has 0 saturated carbocycles. The lowest BCUT2D eigenvalue weighted by atomic mass is 10.1. The third kappa shape index (κ3) is 4.09. The lowest BCUT2D eigenvalue weighted by Gasteiger charge is -2.07. The summed E-state index contributed by atoms with van der Waals surface area (Å²) in [4.78, 5) is 11.2. The summed E-state index contributed by atoms with van der Waals surface area (Å²) in [5, 5.41) is 5.85. The van der Waals surface area contributed by atoms with E-state index in [1.807, 2.05) is 24.3 Å². The first kappa shape index (κ1) is 14.1. The van der Waals surface area contributed by atoms with Gasteiger partial charge in [0.05, 0.1) is 6.42 Å². The summed E-state index contributed by atoms with van der Waals surface area (Å²) in [6, 6.07) is 14.1. The molecule has 0 fully saturated rings. The van der Waals surface area contributed by atoms with Crippen LogP contribution in [0.15, 0.2) is 48.5 Å². The van der Waals surface area contributed by atoms with Gasteiger partial charge in [0.2, 0.25) is 5.91 Å². The van der Waals surface area contributed by atoms with Gasteiger partial charge in [-0.3, -0.25) is 4.79 Å². The molecule has 0 atom stereocenters. The van der Waals surface area contributed by atoms with Crippen molar-refractivity contribution in [3.05, 3.63) is 65.5 Å². The van der Waals surface area contributed by atoms with E-state index in [0.29, 0.717) is 13.0 Å². The van der Waals surface area contributed by atoms with E-state index in [0.717, 1.165) is 16.8 Å². The maximum Gasteiger partial charge on any atom is 0.224 e. The van der Waals surface area contributed by atoms with Gasteiger partial charge in [0.1, 0.15) is 5.82 Å². The van der Waals surface area contributed by atoms with Gasteiger partial charge in [-0.2, -0.15) is 0 Å². The number of rotatable bonds is 5. The molecule has 2 rings (SSSR count). The highest BCUT2D eigenvalue weighted by atomic mass is 19.1. The number of halogens is 1. The summed E-state index contributed by atoms with van der Waals surface area (Å²) in [6.07, 6.45) is 0.384. The topological polar surface area (TPSA) is 41.1 Å². The first-order chi connectivity index (χ1) is 9.67. The molecule has 0 aliphatic heterocycles. The largest absolute Gasteiger partial charge is 0.381 e. The quantitative estimate of drug-likeness (QED) is 0.878. The zero-order valence-corrected chi connectivity index (χ0v) is 11.3. The van der Waals surface area contributed by atoms with Gasteiger partial charge in [0.15, 0.2) is 0 Å². The molecule has 0 aromatic heterocycles. The lowest BCUT2D eigenvalue weighted by Crippen LogP contribution is -2.19. The molecule has 2 N–H and O–H groups in total. The highest BCUT2D eigenvalue weighted by molar-refractivity contribution is 5.78. The normalized spacial score (nSPS) is 10.1. The highest BCUT2D eigenvalue weighted by Crippen LogP contribution is 2.12. The molecule has 20 heavy (non-hydrogen) atoms. The van der Waals surface area contributed by atoms with Crippen molar-refractivity contribution in [1.29, 1.82) is 0 Å². The molecule has 0 saturated heterocycles. The second-order valence-corrected chi connectivity index (χ2v) is 4.53. The highest BCUT2D eigenvalue weighted by Gasteiger charge is 2.01. The van der Waals surface area contributed by atoms with E-state index in [4.69, 9.17) is 0 Å². The Balaban J connectivity index is 1.90. The summed E-state index contributed by atoms with van der Waals surface area (Å²) >= 11 is 0. The molecule has 4 heteroatoms. The molecule has 0 aliphatic rings. The summed E-state index contributed by atoms with van der Waals surface area (Å²) in [5.41, 5.74) is 2.95. The summed E-state index contributed by atoms with van der Waals surface area (Å²) in [6.45, 7) is 0.634. The lowest BCUT2D eigenvalue weighted by molar-refractivity contribution is -0.119. The van der Waals surface area contributed by atoms with Crippen molar-refractivity contribution in [2.75, 3.05) is 12.4 Å². The molecule has 0 unspecified atom stereocenters. The van der Waals surface area contributed by atoms with E-state index in [-0.39, 0.29) is 11.7 Å². The van der Waals surface area contributed by atoms with Crippen LogP contribution in [0, 0.1) is 5.82 Å². The van der Waals surface area contributed by atoms with E-state index in [1.165, 1.54) is 12.1 Å². The van der Waals surface area contributed by atoms with Crippen LogP contribution in [0.4, 0.5) is 10.1 Å². The van der Waals surface area contributed by atoms with Crippen molar-refractivity contribution < 1.29 is 9.18 Å². The molecule has 2 aromatic rings. The van der Waals surface area contributed by atoms with Gasteiger partial charge < -0.3 is 10.6 Å². The molecule has 2 aromatic carbocycles. The number of likely N-dealkylation sites (N-methyl/N-ethyl adjacent to an activating group) is 1. The third-order valence-electron chi connectivity index (χ3n) is 3.01. The minimum absolute atomic E-state index is 0.00276. The molecule has 0 spiro atoms. The average Bonchev–Trinajstić information content (AvgIpc) is 2.48. The standard InChI is InChI=1S/C16H17FN2O/c1-18-16(20)10-12-4-8-15(9-5-12)19-11-13-2-6-14(17)7-3-13/h2-9,19H,10-11H2,1H3,(H,18,20). The van der Waals surface area contributed by atoms with E-state index in [9.17, 15) is 9.18 Å². The Morgan fingerprint density at radius 1 is 1.00 bits per heavy atom. The molecule has 104 valence electrons. The molecule has 0 heterocycles. The minimum Gasteiger partial charge on any atom is -0.381 e. The minimum atomic E-state index is -0.229. The van der Waals surface area contributed by atoms with Crippen LogP contribution in [0.3, 0.4) is 0 Å². The van der Waals surface area contributed by atoms with Crippen LogP contribution in [-0.2, 0) is 17.8 Å². The fraction of sp³-hybridized carbons (Fsp3) is 0.188. The Morgan fingerprint density at radius 2 is 1.60 bits per heavy atom. The van der Waals surface area contributed by atoms with Gasteiger partial charge in [-0.05, 0) is 35.4 Å². The number of anilines is 1. The van der Waals surface area contributed by atoms with E-state index >= 15 is 0 Å². The zero-order valence-electron chi connectivity index (χ0n) is 11.3. The average molecular weight is 272 g/mol. The van der Waals surface area contributed by atoms with Crippen molar-refractivity contribution in [3.63, 3.8) is 0 Å². The van der Waals surface area contributed by atoms with Gasteiger partial charge in [-0.15, -0.1) is 0 Å². The Kier molecular flexibility index (Phi) is 4.71. The van der Waals surface area contributed by atoms with E-state index in [2.05, 4.69) is 10.6 Å².